The number of nitrogens with zero attached hydrogens (tertiary/aromatic N) is 1. The molecule has 1 fully saturated rings. The third-order valence-electron chi connectivity index (χ3n) is 7.23. The lowest BCUT2D eigenvalue weighted by Crippen LogP contribution is -2.46. The van der Waals surface area contributed by atoms with Crippen LogP contribution in [0.2, 0.25) is 0 Å². The van der Waals surface area contributed by atoms with Crippen molar-refractivity contribution >= 4 is 21.8 Å². The molecule has 2 aromatic carbocycles. The van der Waals surface area contributed by atoms with Crippen molar-refractivity contribution in [2.24, 2.45) is 0 Å². The minimum Gasteiger partial charge on any atom is -0.384 e. The molecule has 1 aliphatic rings. The van der Waals surface area contributed by atoms with Gasteiger partial charge >= 0.3 is 0 Å². The van der Waals surface area contributed by atoms with E-state index >= 15 is 0 Å². The van der Waals surface area contributed by atoms with Crippen LogP contribution in [0, 0.1) is 0 Å². The largest absolute Gasteiger partial charge is 0.384 e. The summed E-state index contributed by atoms with van der Waals surface area (Å²) in [5, 5.41) is 22.8. The summed E-state index contributed by atoms with van der Waals surface area (Å²) in [6.45, 7) is 9.22. The van der Waals surface area contributed by atoms with E-state index in [1.165, 1.54) is 6.92 Å². The Labute approximate surface area is 244 Å². The molecule has 2 heterocycles. The quantitative estimate of drug-likeness (QED) is 0.231. The minimum absolute atomic E-state index is 0.0579. The molecule has 1 saturated heterocycles. The number of rotatable bonds is 13. The summed E-state index contributed by atoms with van der Waals surface area (Å²) in [4.78, 5) is 11.3. The van der Waals surface area contributed by atoms with Crippen molar-refractivity contribution in [3.63, 3.8) is 0 Å². The van der Waals surface area contributed by atoms with Crippen molar-refractivity contribution in [2.75, 3.05) is 32.8 Å². The molecule has 0 aliphatic carbocycles. The molecule has 0 bridgehead atoms. The topological polar surface area (TPSA) is 106 Å². The zero-order chi connectivity index (χ0) is 28.5. The second-order valence-electron chi connectivity index (χ2n) is 10.6. The first kappa shape index (κ1) is 30.4. The number of ether oxygens (including phenoxy) is 2. The number of hydrogen-bond donors (Lipinski definition) is 3. The third-order valence-corrected chi connectivity index (χ3v) is 8.00. The second-order valence-corrected chi connectivity index (χ2v) is 11.3. The molecule has 8 nitrogen and oxygen atoms in total. The molecule has 9 heteroatoms. The summed E-state index contributed by atoms with van der Waals surface area (Å²) in [5.41, 5.74) is 3.43. The highest BCUT2D eigenvalue weighted by Gasteiger charge is 2.44. The number of hydrogen-bond acceptors (Lipinski definition) is 7. The molecule has 0 unspecified atom stereocenters. The average molecular weight is 615 g/mol. The molecule has 1 amide bonds. The van der Waals surface area contributed by atoms with Gasteiger partial charge in [-0.05, 0) is 72.3 Å². The highest BCUT2D eigenvalue weighted by atomic mass is 79.9. The van der Waals surface area contributed by atoms with Crippen LogP contribution in [0.5, 0.6) is 0 Å². The molecule has 4 rings (SSSR count). The van der Waals surface area contributed by atoms with Gasteiger partial charge in [-0.1, -0.05) is 53.7 Å². The maximum absolute atomic E-state index is 12.1. The monoisotopic (exact) mass is 613 g/mol. The van der Waals surface area contributed by atoms with Crippen LogP contribution < -0.4 is 10.6 Å². The number of carbonyl (C=O) groups excluding carboxylic acids is 1. The van der Waals surface area contributed by atoms with E-state index in [1.54, 1.807) is 0 Å². The normalized spacial score (nSPS) is 19.2. The molecule has 0 saturated carbocycles. The van der Waals surface area contributed by atoms with Gasteiger partial charge in [0.25, 0.3) is 0 Å². The number of aliphatic hydroxyl groups is 1. The summed E-state index contributed by atoms with van der Waals surface area (Å²) < 4.78 is 18.0. The maximum Gasteiger partial charge on any atom is 0.216 e. The van der Waals surface area contributed by atoms with E-state index in [0.29, 0.717) is 63.8 Å². The first-order chi connectivity index (χ1) is 19.3. The number of amides is 1. The number of nitrogens with one attached hydrogen (secondary N) is 2. The molecule has 0 spiro atoms. The van der Waals surface area contributed by atoms with Gasteiger partial charge in [-0.3, -0.25) is 4.79 Å². The Kier molecular flexibility index (Phi) is 10.9. The Bertz CT molecular complexity index is 1250. The lowest BCUT2D eigenvalue weighted by atomic mass is 9.74. The predicted octanol–water partition coefficient (Wildman–Crippen LogP) is 5.08. The van der Waals surface area contributed by atoms with Gasteiger partial charge in [0.15, 0.2) is 5.76 Å². The number of carbonyl (C=O) groups is 1. The van der Waals surface area contributed by atoms with Crippen molar-refractivity contribution in [3.05, 3.63) is 75.4 Å². The molecule has 1 aromatic heterocycles. The van der Waals surface area contributed by atoms with Gasteiger partial charge in [0.05, 0.1) is 23.1 Å². The summed E-state index contributed by atoms with van der Waals surface area (Å²) >= 11 is 3.75. The van der Waals surface area contributed by atoms with Crippen LogP contribution in [-0.2, 0) is 32.9 Å². The molecule has 3 aromatic rings. The molecule has 216 valence electrons. The lowest BCUT2D eigenvalue weighted by molar-refractivity contribution is -0.118. The fraction of sp³-hybridized carbons (Fsp3) is 0.484. The SMILES string of the molecule is CC(=O)NCCc1ccccc1-c1onc([C@H]2CNCC[C@]2(O)c2ccc(COCCCOC(C)C)cc2)c1Br. The first-order valence-corrected chi connectivity index (χ1v) is 14.8. The van der Waals surface area contributed by atoms with E-state index in [2.05, 4.69) is 31.7 Å². The molecule has 2 atom stereocenters. The number of aromatic nitrogens is 1. The predicted molar refractivity (Wildman–Crippen MR) is 158 cm³/mol. The first-order valence-electron chi connectivity index (χ1n) is 14.0. The summed E-state index contributed by atoms with van der Waals surface area (Å²) in [5.74, 6) is 0.243. The average Bonchev–Trinajstić information content (AvgIpc) is 3.31. The zero-order valence-electron chi connectivity index (χ0n) is 23.5. The van der Waals surface area contributed by atoms with Gasteiger partial charge in [0.2, 0.25) is 5.91 Å². The number of halogens is 1. The Hall–Kier alpha value is -2.56. The van der Waals surface area contributed by atoms with Crippen LogP contribution >= 0.6 is 15.9 Å². The Morgan fingerprint density at radius 2 is 2.00 bits per heavy atom. The van der Waals surface area contributed by atoms with E-state index in [-0.39, 0.29) is 17.9 Å². The number of piperidine rings is 1. The zero-order valence-corrected chi connectivity index (χ0v) is 25.1. The smallest absolute Gasteiger partial charge is 0.216 e. The maximum atomic E-state index is 12.1. The minimum atomic E-state index is -1.11. The van der Waals surface area contributed by atoms with Gasteiger partial charge < -0.3 is 29.7 Å². The third kappa shape index (κ3) is 7.59. The molecule has 0 radical (unpaired) electrons. The van der Waals surface area contributed by atoms with Gasteiger partial charge in [0.1, 0.15) is 11.3 Å². The lowest BCUT2D eigenvalue weighted by Gasteiger charge is -2.40. The van der Waals surface area contributed by atoms with Crippen LogP contribution in [0.15, 0.2) is 57.5 Å². The highest BCUT2D eigenvalue weighted by Crippen LogP contribution is 2.45. The summed E-state index contributed by atoms with van der Waals surface area (Å²) in [7, 11) is 0. The number of benzene rings is 2. The summed E-state index contributed by atoms with van der Waals surface area (Å²) in [6.07, 6.45) is 2.30. The van der Waals surface area contributed by atoms with Crippen molar-refractivity contribution in [1.29, 1.82) is 0 Å². The van der Waals surface area contributed by atoms with Crippen molar-refractivity contribution in [1.82, 2.24) is 15.8 Å². The van der Waals surface area contributed by atoms with Crippen LogP contribution in [-0.4, -0.2) is 55.1 Å². The highest BCUT2D eigenvalue weighted by molar-refractivity contribution is 9.10. The standard InChI is InChI=1S/C31H40BrN3O5/c1-21(2)39-18-6-17-38-20-23-9-11-25(12-10-23)31(37)14-16-33-19-27(31)29-28(32)30(40-35-29)26-8-5-4-7-24(26)13-15-34-22(3)36/h4-5,7-12,21,27,33,37H,6,13-20H2,1-3H3,(H,34,36)/t27-,31+/m1/s1. The second kappa shape index (κ2) is 14.4. The van der Waals surface area contributed by atoms with E-state index in [0.717, 1.165) is 33.1 Å². The molecule has 3 N–H and O–H groups in total. The molecular formula is C31H40BrN3O5. The fourth-order valence-corrected chi connectivity index (χ4v) is 5.74. The molecular weight excluding hydrogens is 574 g/mol. The van der Waals surface area contributed by atoms with E-state index in [9.17, 15) is 9.90 Å². The van der Waals surface area contributed by atoms with E-state index < -0.39 is 5.60 Å². The van der Waals surface area contributed by atoms with Gasteiger partial charge in [0, 0.05) is 38.8 Å². The van der Waals surface area contributed by atoms with Crippen molar-refractivity contribution in [3.8, 4) is 11.3 Å². The van der Waals surface area contributed by atoms with Gasteiger partial charge in [-0.2, -0.15) is 0 Å². The van der Waals surface area contributed by atoms with Crippen LogP contribution in [0.1, 0.15) is 61.9 Å². The van der Waals surface area contributed by atoms with Crippen molar-refractivity contribution in [2.45, 2.75) is 64.3 Å². The van der Waals surface area contributed by atoms with E-state index in [1.807, 2.05) is 62.4 Å². The Morgan fingerprint density at radius 1 is 1.23 bits per heavy atom. The Morgan fingerprint density at radius 3 is 2.75 bits per heavy atom. The van der Waals surface area contributed by atoms with Crippen LogP contribution in [0.3, 0.4) is 0 Å². The van der Waals surface area contributed by atoms with Crippen LogP contribution in [0.25, 0.3) is 11.3 Å². The van der Waals surface area contributed by atoms with Crippen molar-refractivity contribution < 1.29 is 23.9 Å². The van der Waals surface area contributed by atoms with E-state index in [4.69, 9.17) is 14.0 Å². The fourth-order valence-electron chi connectivity index (χ4n) is 5.10. The van der Waals surface area contributed by atoms with Crippen LogP contribution in [0.4, 0.5) is 0 Å². The molecule has 40 heavy (non-hydrogen) atoms. The summed E-state index contributed by atoms with van der Waals surface area (Å²) in [6, 6.07) is 16.0. The molecule has 1 aliphatic heterocycles. The van der Waals surface area contributed by atoms with Gasteiger partial charge in [-0.15, -0.1) is 0 Å². The van der Waals surface area contributed by atoms with Gasteiger partial charge in [-0.25, -0.2) is 0 Å². The Balaban J connectivity index is 1.48.